The third-order valence-electron chi connectivity index (χ3n) is 4.73. The topological polar surface area (TPSA) is 145 Å². The minimum Gasteiger partial charge on any atom is -0.467 e. The van der Waals surface area contributed by atoms with E-state index < -0.39 is 18.0 Å². The SMILES string of the molecule is O=C(O)NNC(=O)c1coc(CNC(=O)NC[C@H]2CN(Cc3ccc(Cl)c(Cl)c3)CCO2)c1. The number of hydrogen-bond donors (Lipinski definition) is 5. The van der Waals surface area contributed by atoms with E-state index in [1.165, 1.54) is 6.07 Å². The van der Waals surface area contributed by atoms with E-state index in [0.29, 0.717) is 42.0 Å². The highest BCUT2D eigenvalue weighted by Gasteiger charge is 2.21. The molecule has 1 fully saturated rings. The smallest absolute Gasteiger partial charge is 0.423 e. The standard InChI is InChI=1S/C20H23Cl2N5O6/c21-16-2-1-12(5-17(16)22)9-27-3-4-32-15(10-27)8-24-19(29)23-7-14-6-13(11-33-14)18(28)25-26-20(30)31/h1-2,5-6,11,15,26H,3-4,7-10H2,(H,25,28)(H,30,31)(H2,23,24,29)/t15-/m0/s1. The molecule has 11 nitrogen and oxygen atoms in total. The molecule has 3 rings (SSSR count). The first kappa shape index (κ1) is 24.6. The van der Waals surface area contributed by atoms with E-state index in [9.17, 15) is 14.4 Å². The number of carbonyl (C=O) groups is 3. The van der Waals surface area contributed by atoms with Crippen molar-refractivity contribution in [1.82, 2.24) is 26.4 Å². The van der Waals surface area contributed by atoms with E-state index in [1.807, 2.05) is 17.6 Å². The lowest BCUT2D eigenvalue weighted by molar-refractivity contribution is -0.0287. The lowest BCUT2D eigenvalue weighted by atomic mass is 10.2. The zero-order valence-electron chi connectivity index (χ0n) is 17.4. The first-order valence-corrected chi connectivity index (χ1v) is 10.7. The highest BCUT2D eigenvalue weighted by atomic mass is 35.5. The van der Waals surface area contributed by atoms with Crippen LogP contribution in [0.5, 0.6) is 0 Å². The van der Waals surface area contributed by atoms with Gasteiger partial charge in [0.25, 0.3) is 5.91 Å². The number of rotatable bonds is 7. The molecule has 13 heteroatoms. The van der Waals surface area contributed by atoms with Gasteiger partial charge in [0.15, 0.2) is 0 Å². The molecule has 1 aliphatic heterocycles. The van der Waals surface area contributed by atoms with Crippen LogP contribution in [0.1, 0.15) is 21.7 Å². The fourth-order valence-electron chi connectivity index (χ4n) is 3.15. The Morgan fingerprint density at radius 1 is 1.12 bits per heavy atom. The van der Waals surface area contributed by atoms with Crippen molar-refractivity contribution in [2.45, 2.75) is 19.2 Å². The van der Waals surface area contributed by atoms with Crippen LogP contribution in [0.25, 0.3) is 0 Å². The summed E-state index contributed by atoms with van der Waals surface area (Å²) in [5.74, 6) is -0.357. The Morgan fingerprint density at radius 3 is 2.70 bits per heavy atom. The number of urea groups is 1. The summed E-state index contributed by atoms with van der Waals surface area (Å²) in [5.41, 5.74) is 4.87. The van der Waals surface area contributed by atoms with Gasteiger partial charge in [-0.3, -0.25) is 15.1 Å². The highest BCUT2D eigenvalue weighted by molar-refractivity contribution is 6.42. The summed E-state index contributed by atoms with van der Waals surface area (Å²) in [6.45, 7) is 3.00. The molecule has 1 atom stereocenters. The number of hydrogen-bond acceptors (Lipinski definition) is 6. The van der Waals surface area contributed by atoms with Crippen molar-refractivity contribution in [3.63, 3.8) is 0 Å². The largest absolute Gasteiger partial charge is 0.467 e. The van der Waals surface area contributed by atoms with Crippen LogP contribution >= 0.6 is 23.2 Å². The molecular weight excluding hydrogens is 477 g/mol. The van der Waals surface area contributed by atoms with Gasteiger partial charge in [0.1, 0.15) is 12.0 Å². The number of morpholine rings is 1. The molecule has 0 unspecified atom stereocenters. The molecule has 33 heavy (non-hydrogen) atoms. The Balaban J connectivity index is 1.38. The third-order valence-corrected chi connectivity index (χ3v) is 5.46. The molecule has 1 aliphatic rings. The number of furan rings is 1. The zero-order valence-corrected chi connectivity index (χ0v) is 18.9. The van der Waals surface area contributed by atoms with Crippen LogP contribution in [0.2, 0.25) is 10.0 Å². The van der Waals surface area contributed by atoms with E-state index in [4.69, 9.17) is 37.5 Å². The number of hydrazine groups is 1. The van der Waals surface area contributed by atoms with E-state index >= 15 is 0 Å². The maximum Gasteiger partial charge on any atom is 0.423 e. The first-order valence-electron chi connectivity index (χ1n) is 9.96. The molecule has 1 saturated heterocycles. The maximum absolute atomic E-state index is 12.1. The predicted molar refractivity (Wildman–Crippen MR) is 119 cm³/mol. The number of carbonyl (C=O) groups excluding carboxylic acids is 2. The number of benzene rings is 1. The van der Waals surface area contributed by atoms with Crippen LogP contribution in [-0.2, 0) is 17.8 Å². The summed E-state index contributed by atoms with van der Waals surface area (Å²) in [6.07, 6.45) is -0.413. The van der Waals surface area contributed by atoms with Gasteiger partial charge in [-0.05, 0) is 23.8 Å². The third kappa shape index (κ3) is 7.82. The van der Waals surface area contributed by atoms with Gasteiger partial charge in [-0.1, -0.05) is 29.3 Å². The van der Waals surface area contributed by atoms with Crippen molar-refractivity contribution >= 4 is 41.2 Å². The number of ether oxygens (including phenoxy) is 1. The fourth-order valence-corrected chi connectivity index (χ4v) is 3.48. The van der Waals surface area contributed by atoms with Gasteiger partial charge in [-0.25, -0.2) is 15.0 Å². The van der Waals surface area contributed by atoms with Gasteiger partial charge in [-0.15, -0.1) is 0 Å². The quantitative estimate of drug-likeness (QED) is 0.367. The molecule has 5 N–H and O–H groups in total. The average molecular weight is 500 g/mol. The number of amides is 4. The monoisotopic (exact) mass is 499 g/mol. The summed E-state index contributed by atoms with van der Waals surface area (Å²) in [4.78, 5) is 36.4. The van der Waals surface area contributed by atoms with Gasteiger partial charge < -0.3 is 24.9 Å². The minimum absolute atomic E-state index is 0.0421. The van der Waals surface area contributed by atoms with Crippen LogP contribution in [0.15, 0.2) is 34.9 Å². The second-order valence-electron chi connectivity index (χ2n) is 7.23. The molecule has 0 spiro atoms. The molecule has 0 bridgehead atoms. The molecule has 0 saturated carbocycles. The van der Waals surface area contributed by atoms with Gasteiger partial charge in [-0.2, -0.15) is 0 Å². The van der Waals surface area contributed by atoms with Crippen LogP contribution in [0, 0.1) is 0 Å². The Labute approximate surface area is 199 Å². The molecular formula is C20H23Cl2N5O6. The van der Waals surface area contributed by atoms with Gasteiger partial charge in [0.05, 0.1) is 34.9 Å². The summed E-state index contributed by atoms with van der Waals surface area (Å²) >= 11 is 12.0. The number of halogens is 2. The zero-order chi connectivity index (χ0) is 23.8. The second kappa shape index (κ2) is 11.8. The van der Waals surface area contributed by atoms with Gasteiger partial charge >= 0.3 is 12.1 Å². The van der Waals surface area contributed by atoms with Crippen molar-refractivity contribution in [1.29, 1.82) is 0 Å². The first-order chi connectivity index (χ1) is 15.8. The van der Waals surface area contributed by atoms with Crippen molar-refractivity contribution < 1.29 is 28.6 Å². The van der Waals surface area contributed by atoms with Crippen molar-refractivity contribution in [2.75, 3.05) is 26.2 Å². The van der Waals surface area contributed by atoms with Crippen LogP contribution in [-0.4, -0.2) is 60.4 Å². The second-order valence-corrected chi connectivity index (χ2v) is 8.04. The van der Waals surface area contributed by atoms with Crippen LogP contribution < -0.4 is 21.5 Å². The Bertz CT molecular complexity index is 1000. The van der Waals surface area contributed by atoms with Gasteiger partial charge in [0.2, 0.25) is 0 Å². The number of nitrogens with one attached hydrogen (secondary N) is 4. The number of carboxylic acid groups (broad SMARTS) is 1. The minimum atomic E-state index is -1.40. The van der Waals surface area contributed by atoms with Crippen molar-refractivity contribution in [3.05, 3.63) is 57.5 Å². The highest BCUT2D eigenvalue weighted by Crippen LogP contribution is 2.23. The summed E-state index contributed by atoms with van der Waals surface area (Å²) in [6, 6.07) is 6.51. The number of nitrogens with zero attached hydrogens (tertiary/aromatic N) is 1. The predicted octanol–water partition coefficient (Wildman–Crippen LogP) is 2.20. The van der Waals surface area contributed by atoms with Crippen LogP contribution in [0.3, 0.4) is 0 Å². The van der Waals surface area contributed by atoms with E-state index in [1.54, 1.807) is 11.5 Å². The lowest BCUT2D eigenvalue weighted by Crippen LogP contribution is -2.48. The summed E-state index contributed by atoms with van der Waals surface area (Å²) in [7, 11) is 0. The molecule has 0 radical (unpaired) electrons. The molecule has 0 aliphatic carbocycles. The average Bonchev–Trinajstić information content (AvgIpc) is 3.26. The molecule has 1 aromatic heterocycles. The molecule has 1 aromatic carbocycles. The Hall–Kier alpha value is -2.99. The van der Waals surface area contributed by atoms with E-state index in [-0.39, 0.29) is 18.2 Å². The van der Waals surface area contributed by atoms with Gasteiger partial charge in [0, 0.05) is 26.2 Å². The van der Waals surface area contributed by atoms with Crippen molar-refractivity contribution in [2.24, 2.45) is 0 Å². The molecule has 2 aromatic rings. The van der Waals surface area contributed by atoms with E-state index in [0.717, 1.165) is 18.4 Å². The van der Waals surface area contributed by atoms with Crippen LogP contribution in [0.4, 0.5) is 9.59 Å². The maximum atomic E-state index is 12.1. The Kier molecular flexibility index (Phi) is 8.78. The molecule has 4 amide bonds. The summed E-state index contributed by atoms with van der Waals surface area (Å²) < 4.78 is 10.9. The fraction of sp³-hybridized carbons (Fsp3) is 0.350. The normalized spacial score (nSPS) is 16.1. The van der Waals surface area contributed by atoms with Crippen molar-refractivity contribution in [3.8, 4) is 0 Å². The lowest BCUT2D eigenvalue weighted by Gasteiger charge is -2.33. The summed E-state index contributed by atoms with van der Waals surface area (Å²) in [5, 5.41) is 14.9. The molecule has 178 valence electrons. The van der Waals surface area contributed by atoms with E-state index in [2.05, 4.69) is 15.5 Å². The Morgan fingerprint density at radius 2 is 1.94 bits per heavy atom. The molecule has 2 heterocycles.